The van der Waals surface area contributed by atoms with Crippen LogP contribution in [-0.2, 0) is 0 Å². The molecule has 0 spiro atoms. The van der Waals surface area contributed by atoms with Gasteiger partial charge in [-0.05, 0) is 13.0 Å². The first-order valence-electron chi connectivity index (χ1n) is 4.67. The van der Waals surface area contributed by atoms with Crippen LogP contribution in [-0.4, -0.2) is 6.61 Å². The number of halogens is 3. The zero-order valence-corrected chi connectivity index (χ0v) is 10.2. The van der Waals surface area contributed by atoms with Crippen LogP contribution in [0.25, 0.3) is 0 Å². The van der Waals surface area contributed by atoms with Crippen LogP contribution in [0, 0.1) is 5.82 Å². The molecule has 0 bridgehead atoms. The highest BCUT2D eigenvalue weighted by atomic mass is 35.5. The van der Waals surface area contributed by atoms with E-state index in [1.807, 2.05) is 0 Å². The monoisotopic (exact) mass is 263 g/mol. The summed E-state index contributed by atoms with van der Waals surface area (Å²) in [6, 6.07) is 4.16. The molecule has 88 valence electrons. The molecule has 1 aromatic carbocycles. The molecule has 0 aromatic heterocycles. The number of hydrogen-bond acceptors (Lipinski definition) is 2. The van der Waals surface area contributed by atoms with Crippen molar-refractivity contribution >= 4 is 23.2 Å². The fourth-order valence-electron chi connectivity index (χ4n) is 1.15. The Morgan fingerprint density at radius 3 is 2.81 bits per heavy atom. The third-order valence-electron chi connectivity index (χ3n) is 1.96. The second kappa shape index (κ2) is 6.09. The minimum absolute atomic E-state index is 0.113. The van der Waals surface area contributed by atoms with E-state index in [1.165, 1.54) is 11.6 Å². The molecule has 2 nitrogen and oxygen atoms in total. The van der Waals surface area contributed by atoms with Crippen LogP contribution in [0.4, 0.5) is 4.39 Å². The molecule has 16 heavy (non-hydrogen) atoms. The maximum atomic E-state index is 13.5. The lowest BCUT2D eigenvalue weighted by Gasteiger charge is -2.09. The van der Waals surface area contributed by atoms with E-state index in [1.54, 1.807) is 19.1 Å². The molecule has 0 saturated carbocycles. The molecule has 0 amide bonds. The average molecular weight is 264 g/mol. The van der Waals surface area contributed by atoms with Crippen LogP contribution >= 0.6 is 23.2 Å². The van der Waals surface area contributed by atoms with Gasteiger partial charge in [0.25, 0.3) is 0 Å². The lowest BCUT2D eigenvalue weighted by Crippen LogP contribution is -2.07. The molecule has 0 fully saturated rings. The van der Waals surface area contributed by atoms with Gasteiger partial charge < -0.3 is 10.5 Å². The van der Waals surface area contributed by atoms with Crippen LogP contribution in [0.2, 0.25) is 0 Å². The number of rotatable bonds is 4. The number of nitrogens with two attached hydrogens (primary N) is 1. The van der Waals surface area contributed by atoms with Crippen LogP contribution in [0.1, 0.15) is 18.5 Å². The molecule has 1 aromatic rings. The zero-order chi connectivity index (χ0) is 12.1. The van der Waals surface area contributed by atoms with E-state index in [9.17, 15) is 4.39 Å². The second-order valence-corrected chi connectivity index (χ2v) is 4.02. The number of hydrogen-bond donors (Lipinski definition) is 1. The molecule has 0 aliphatic heterocycles. The van der Waals surface area contributed by atoms with Crippen molar-refractivity contribution in [2.24, 2.45) is 5.73 Å². The Morgan fingerprint density at radius 1 is 1.62 bits per heavy atom. The van der Waals surface area contributed by atoms with Gasteiger partial charge in [0.2, 0.25) is 0 Å². The standard InChI is InChI=1S/C11H12Cl2FNO/c1-7(15)10-3-2-9(4-11(10)14)16-6-8(13)5-12/h2-5,7H,6,15H2,1H3/b8-5-/t7-/m1/s1. The summed E-state index contributed by atoms with van der Waals surface area (Å²) in [4.78, 5) is 0. The van der Waals surface area contributed by atoms with E-state index in [-0.39, 0.29) is 12.6 Å². The van der Waals surface area contributed by atoms with Gasteiger partial charge in [0.15, 0.2) is 0 Å². The predicted molar refractivity (Wildman–Crippen MR) is 64.3 cm³/mol. The highest BCUT2D eigenvalue weighted by Crippen LogP contribution is 2.21. The minimum Gasteiger partial charge on any atom is -0.488 e. The van der Waals surface area contributed by atoms with Gasteiger partial charge in [0.05, 0.1) is 5.03 Å². The maximum absolute atomic E-state index is 13.5. The molecule has 0 radical (unpaired) electrons. The van der Waals surface area contributed by atoms with Crippen molar-refractivity contribution in [1.82, 2.24) is 0 Å². The smallest absolute Gasteiger partial charge is 0.131 e. The van der Waals surface area contributed by atoms with Gasteiger partial charge in [-0.25, -0.2) is 4.39 Å². The van der Waals surface area contributed by atoms with Gasteiger partial charge in [-0.1, -0.05) is 29.3 Å². The molecule has 0 saturated heterocycles. The Morgan fingerprint density at radius 2 is 2.31 bits per heavy atom. The van der Waals surface area contributed by atoms with E-state index in [0.717, 1.165) is 0 Å². The van der Waals surface area contributed by atoms with Crippen molar-refractivity contribution in [3.05, 3.63) is 40.1 Å². The third kappa shape index (κ3) is 3.67. The summed E-state index contributed by atoms with van der Waals surface area (Å²) in [6.45, 7) is 1.83. The number of ether oxygens (including phenoxy) is 1. The predicted octanol–water partition coefficient (Wildman–Crippen LogP) is 3.54. The maximum Gasteiger partial charge on any atom is 0.131 e. The normalized spacial score (nSPS) is 13.7. The van der Waals surface area contributed by atoms with E-state index in [2.05, 4.69) is 0 Å². The first-order chi connectivity index (χ1) is 7.54. The first kappa shape index (κ1) is 13.3. The highest BCUT2D eigenvalue weighted by molar-refractivity contribution is 6.36. The summed E-state index contributed by atoms with van der Waals surface area (Å²) in [7, 11) is 0. The van der Waals surface area contributed by atoms with Gasteiger partial charge in [-0.3, -0.25) is 0 Å². The van der Waals surface area contributed by atoms with Gasteiger partial charge >= 0.3 is 0 Å². The summed E-state index contributed by atoms with van der Waals surface area (Å²) >= 11 is 11.0. The molecule has 0 aliphatic rings. The summed E-state index contributed by atoms with van der Waals surface area (Å²) in [6.07, 6.45) is 0. The van der Waals surface area contributed by atoms with E-state index < -0.39 is 5.82 Å². The summed E-state index contributed by atoms with van der Waals surface area (Å²) < 4.78 is 18.7. The Bertz CT molecular complexity index is 394. The Kier molecular flexibility index (Phi) is 5.06. The van der Waals surface area contributed by atoms with Crippen LogP contribution < -0.4 is 10.5 Å². The molecule has 5 heteroatoms. The fourth-order valence-corrected chi connectivity index (χ4v) is 1.27. The van der Waals surface area contributed by atoms with Crippen molar-refractivity contribution in [2.75, 3.05) is 6.61 Å². The Labute approximate surface area is 104 Å². The van der Waals surface area contributed by atoms with Gasteiger partial charge in [0.1, 0.15) is 18.2 Å². The topological polar surface area (TPSA) is 35.2 Å². The first-order valence-corrected chi connectivity index (χ1v) is 5.48. The Balaban J connectivity index is 2.74. The SMILES string of the molecule is C[C@@H](N)c1ccc(OC/C(Cl)=C/Cl)cc1F. The molecule has 0 aliphatic carbocycles. The molecular weight excluding hydrogens is 252 g/mol. The van der Waals surface area contributed by atoms with Crippen LogP contribution in [0.5, 0.6) is 5.75 Å². The average Bonchev–Trinajstić information content (AvgIpc) is 2.25. The van der Waals surface area contributed by atoms with Crippen molar-refractivity contribution in [2.45, 2.75) is 13.0 Å². The lowest BCUT2D eigenvalue weighted by molar-refractivity contribution is 0.356. The summed E-state index contributed by atoms with van der Waals surface area (Å²) in [5.74, 6) is -0.00274. The molecule has 2 N–H and O–H groups in total. The number of benzene rings is 1. The van der Waals surface area contributed by atoms with Gasteiger partial charge in [0, 0.05) is 23.2 Å². The van der Waals surface area contributed by atoms with Gasteiger partial charge in [-0.15, -0.1) is 0 Å². The molecule has 0 heterocycles. The minimum atomic E-state index is -0.390. The second-order valence-electron chi connectivity index (χ2n) is 3.32. The fraction of sp³-hybridized carbons (Fsp3) is 0.273. The molecule has 0 unspecified atom stereocenters. The highest BCUT2D eigenvalue weighted by Gasteiger charge is 2.08. The molecular formula is C11H12Cl2FNO. The lowest BCUT2D eigenvalue weighted by atomic mass is 10.1. The van der Waals surface area contributed by atoms with Crippen LogP contribution in [0.15, 0.2) is 28.8 Å². The quantitative estimate of drug-likeness (QED) is 0.902. The summed E-state index contributed by atoms with van der Waals surface area (Å²) in [5.41, 5.74) is 7.23. The summed E-state index contributed by atoms with van der Waals surface area (Å²) in [5, 5.41) is 0.346. The van der Waals surface area contributed by atoms with E-state index >= 15 is 0 Å². The van der Waals surface area contributed by atoms with Crippen molar-refractivity contribution in [1.29, 1.82) is 0 Å². The van der Waals surface area contributed by atoms with E-state index in [0.29, 0.717) is 16.3 Å². The van der Waals surface area contributed by atoms with Gasteiger partial charge in [-0.2, -0.15) is 0 Å². The zero-order valence-electron chi connectivity index (χ0n) is 8.71. The third-order valence-corrected chi connectivity index (χ3v) is 2.55. The van der Waals surface area contributed by atoms with Crippen molar-refractivity contribution in [3.63, 3.8) is 0 Å². The molecule has 1 atom stereocenters. The van der Waals surface area contributed by atoms with Crippen LogP contribution in [0.3, 0.4) is 0 Å². The van der Waals surface area contributed by atoms with E-state index in [4.69, 9.17) is 33.7 Å². The van der Waals surface area contributed by atoms with Crippen molar-refractivity contribution < 1.29 is 9.13 Å². The van der Waals surface area contributed by atoms with Crippen molar-refractivity contribution in [3.8, 4) is 5.75 Å². The largest absolute Gasteiger partial charge is 0.488 e. The Hall–Kier alpha value is -0.770. The molecule has 1 rings (SSSR count).